The van der Waals surface area contributed by atoms with E-state index in [0.29, 0.717) is 23.3 Å². The molecule has 5 heteroatoms. The minimum absolute atomic E-state index is 0.142. The van der Waals surface area contributed by atoms with Crippen molar-refractivity contribution in [3.05, 3.63) is 23.9 Å². The van der Waals surface area contributed by atoms with Gasteiger partial charge in [0, 0.05) is 25.7 Å². The topological polar surface area (TPSA) is 59.5 Å². The van der Waals surface area contributed by atoms with Gasteiger partial charge in [0.25, 0.3) is 0 Å². The lowest BCUT2D eigenvalue weighted by molar-refractivity contribution is -0.152. The minimum Gasteiger partial charge on any atom is -0.451 e. The lowest BCUT2D eigenvalue weighted by Crippen LogP contribution is -2.52. The maximum atomic E-state index is 13.2. The molecule has 1 aromatic rings. The first-order valence-corrected chi connectivity index (χ1v) is 9.75. The van der Waals surface area contributed by atoms with E-state index in [0.717, 1.165) is 25.1 Å². The number of pyridine rings is 1. The number of carbonyl (C=O) groups excluding carboxylic acids is 2. The van der Waals surface area contributed by atoms with Crippen LogP contribution in [0.25, 0.3) is 0 Å². The third kappa shape index (κ3) is 3.01. The summed E-state index contributed by atoms with van der Waals surface area (Å²) in [6, 6.07) is 3.48. The molecule has 0 unspecified atom stereocenters. The van der Waals surface area contributed by atoms with E-state index >= 15 is 0 Å². The highest BCUT2D eigenvalue weighted by Crippen LogP contribution is 2.60. The van der Waals surface area contributed by atoms with Gasteiger partial charge >= 0.3 is 5.97 Å². The van der Waals surface area contributed by atoms with E-state index in [1.54, 1.807) is 19.1 Å². The van der Waals surface area contributed by atoms with E-state index in [1.165, 1.54) is 25.5 Å². The third-order valence-electron chi connectivity index (χ3n) is 6.66. The van der Waals surface area contributed by atoms with Crippen LogP contribution in [0.5, 0.6) is 0 Å². The summed E-state index contributed by atoms with van der Waals surface area (Å²) in [5.74, 6) is 2.57. The van der Waals surface area contributed by atoms with Crippen LogP contribution in [0.4, 0.5) is 5.82 Å². The second-order valence-corrected chi connectivity index (χ2v) is 8.91. The van der Waals surface area contributed by atoms with E-state index in [4.69, 9.17) is 4.74 Å². The number of ketones is 1. The van der Waals surface area contributed by atoms with Crippen LogP contribution in [0.15, 0.2) is 18.3 Å². The second kappa shape index (κ2) is 6.36. The second-order valence-electron chi connectivity index (χ2n) is 8.91. The Hall–Kier alpha value is -1.91. The Morgan fingerprint density at radius 1 is 1.12 bits per heavy atom. The largest absolute Gasteiger partial charge is 0.451 e. The molecule has 4 aliphatic carbocycles. The molecule has 0 N–H and O–H groups in total. The number of hydrogen-bond acceptors (Lipinski definition) is 5. The zero-order valence-corrected chi connectivity index (χ0v) is 15.9. The van der Waals surface area contributed by atoms with Crippen molar-refractivity contribution < 1.29 is 14.3 Å². The van der Waals surface area contributed by atoms with E-state index < -0.39 is 12.1 Å². The van der Waals surface area contributed by atoms with Gasteiger partial charge in [0.05, 0.1) is 5.56 Å². The van der Waals surface area contributed by atoms with Crippen LogP contribution in [-0.4, -0.2) is 36.9 Å². The Balaban J connectivity index is 1.43. The SMILES string of the molecule is C[C@@H](OC(=O)c1ccc(N(C)C)nc1)C(=O)C12CC3CC(CC(C3)C1)C2. The number of hydrogen-bond donors (Lipinski definition) is 0. The fraction of sp³-hybridized carbons (Fsp3) is 0.667. The number of Topliss-reactive ketones (excluding diaryl/α,β-unsaturated/α-hetero) is 1. The number of nitrogens with zero attached hydrogens (tertiary/aromatic N) is 2. The van der Waals surface area contributed by atoms with Gasteiger partial charge in [-0.1, -0.05) is 0 Å². The Kier molecular flexibility index (Phi) is 4.28. The van der Waals surface area contributed by atoms with Crippen molar-refractivity contribution in [3.8, 4) is 0 Å². The minimum atomic E-state index is -0.688. The van der Waals surface area contributed by atoms with Gasteiger partial charge in [0.1, 0.15) is 5.82 Å². The van der Waals surface area contributed by atoms with Crippen LogP contribution >= 0.6 is 0 Å². The van der Waals surface area contributed by atoms with Crippen molar-refractivity contribution in [2.45, 2.75) is 51.6 Å². The number of ether oxygens (including phenoxy) is 1. The lowest BCUT2D eigenvalue weighted by atomic mass is 9.48. The molecule has 0 radical (unpaired) electrons. The van der Waals surface area contributed by atoms with Gasteiger partial charge < -0.3 is 9.64 Å². The molecule has 1 heterocycles. The van der Waals surface area contributed by atoms with Crippen molar-refractivity contribution in [1.29, 1.82) is 0 Å². The monoisotopic (exact) mass is 356 g/mol. The average Bonchev–Trinajstić information content (AvgIpc) is 2.59. The fourth-order valence-electron chi connectivity index (χ4n) is 5.90. The summed E-state index contributed by atoms with van der Waals surface area (Å²) in [6.07, 6.45) is 7.71. The molecular weight excluding hydrogens is 328 g/mol. The molecule has 1 aromatic heterocycles. The van der Waals surface area contributed by atoms with Crippen molar-refractivity contribution >= 4 is 17.6 Å². The molecule has 4 aliphatic rings. The first kappa shape index (κ1) is 17.5. The molecule has 4 saturated carbocycles. The molecule has 5 rings (SSSR count). The van der Waals surface area contributed by atoms with Crippen molar-refractivity contribution in [2.75, 3.05) is 19.0 Å². The number of aromatic nitrogens is 1. The van der Waals surface area contributed by atoms with Crippen LogP contribution in [0.2, 0.25) is 0 Å². The van der Waals surface area contributed by atoms with Gasteiger partial charge in [-0.25, -0.2) is 9.78 Å². The molecule has 140 valence electrons. The zero-order valence-electron chi connectivity index (χ0n) is 15.9. The quantitative estimate of drug-likeness (QED) is 0.756. The van der Waals surface area contributed by atoms with Gasteiger partial charge in [-0.05, 0) is 75.3 Å². The number of esters is 1. The first-order chi connectivity index (χ1) is 12.4. The summed E-state index contributed by atoms with van der Waals surface area (Å²) in [5, 5.41) is 0. The predicted octanol–water partition coefficient (Wildman–Crippen LogP) is 3.48. The van der Waals surface area contributed by atoms with Crippen molar-refractivity contribution in [3.63, 3.8) is 0 Å². The molecule has 1 atom stereocenters. The Morgan fingerprint density at radius 2 is 1.69 bits per heavy atom. The maximum absolute atomic E-state index is 13.2. The summed E-state index contributed by atoms with van der Waals surface area (Å²) in [6.45, 7) is 1.74. The summed E-state index contributed by atoms with van der Waals surface area (Å²) < 4.78 is 5.55. The molecule has 4 bridgehead atoms. The van der Waals surface area contributed by atoms with E-state index in [2.05, 4.69) is 4.98 Å². The first-order valence-electron chi connectivity index (χ1n) is 9.75. The molecular formula is C21H28N2O3. The average molecular weight is 356 g/mol. The summed E-state index contributed by atoms with van der Waals surface area (Å²) in [7, 11) is 3.79. The van der Waals surface area contributed by atoms with E-state index in [9.17, 15) is 9.59 Å². The van der Waals surface area contributed by atoms with Gasteiger partial charge in [0.2, 0.25) is 0 Å². The van der Waals surface area contributed by atoms with Crippen LogP contribution in [0.3, 0.4) is 0 Å². The molecule has 26 heavy (non-hydrogen) atoms. The lowest BCUT2D eigenvalue weighted by Gasteiger charge is -2.56. The van der Waals surface area contributed by atoms with Crippen molar-refractivity contribution in [2.24, 2.45) is 23.2 Å². The van der Waals surface area contributed by atoms with Crippen molar-refractivity contribution in [1.82, 2.24) is 4.98 Å². The van der Waals surface area contributed by atoms with Gasteiger partial charge in [0.15, 0.2) is 11.9 Å². The maximum Gasteiger partial charge on any atom is 0.340 e. The fourth-order valence-corrected chi connectivity index (χ4v) is 5.90. The molecule has 0 aliphatic heterocycles. The van der Waals surface area contributed by atoms with Crippen LogP contribution in [0.1, 0.15) is 55.8 Å². The van der Waals surface area contributed by atoms with Crippen LogP contribution < -0.4 is 4.90 Å². The number of anilines is 1. The molecule has 4 fully saturated rings. The smallest absolute Gasteiger partial charge is 0.340 e. The number of rotatable bonds is 5. The summed E-state index contributed by atoms with van der Waals surface area (Å²) in [4.78, 5) is 31.8. The number of carbonyl (C=O) groups is 2. The Bertz CT molecular complexity index is 675. The third-order valence-corrected chi connectivity index (χ3v) is 6.66. The van der Waals surface area contributed by atoms with Gasteiger partial charge in [-0.3, -0.25) is 4.79 Å². The normalized spacial score (nSPS) is 33.0. The Labute approximate surface area is 155 Å². The molecule has 0 saturated heterocycles. The highest BCUT2D eigenvalue weighted by Gasteiger charge is 2.55. The molecule has 0 amide bonds. The predicted molar refractivity (Wildman–Crippen MR) is 99.1 cm³/mol. The van der Waals surface area contributed by atoms with E-state index in [1.807, 2.05) is 19.0 Å². The standard InChI is InChI=1S/C21H28N2O3/c1-13(26-20(25)17-4-5-18(22-12-17)23(2)3)19(24)21-9-14-6-15(10-21)8-16(7-14)11-21/h4-5,12-16H,6-11H2,1-3H3/t13-,14?,15?,16?,21?/m1/s1. The van der Waals surface area contributed by atoms with Crippen LogP contribution in [-0.2, 0) is 9.53 Å². The Morgan fingerprint density at radius 3 is 2.15 bits per heavy atom. The van der Waals surface area contributed by atoms with Gasteiger partial charge in [-0.2, -0.15) is 0 Å². The highest BCUT2D eigenvalue weighted by molar-refractivity contribution is 5.94. The summed E-state index contributed by atoms with van der Waals surface area (Å²) in [5.41, 5.74) is 0.155. The van der Waals surface area contributed by atoms with Crippen LogP contribution in [0, 0.1) is 23.2 Å². The van der Waals surface area contributed by atoms with Gasteiger partial charge in [-0.15, -0.1) is 0 Å². The molecule has 0 spiro atoms. The van der Waals surface area contributed by atoms with E-state index in [-0.39, 0.29) is 11.2 Å². The molecule has 5 nitrogen and oxygen atoms in total. The highest BCUT2D eigenvalue weighted by atomic mass is 16.5. The summed E-state index contributed by atoms with van der Waals surface area (Å²) >= 11 is 0. The molecule has 0 aromatic carbocycles. The zero-order chi connectivity index (χ0) is 18.5.